The summed E-state index contributed by atoms with van der Waals surface area (Å²) < 4.78 is 11.5. The average molecular weight is 299 g/mol. The van der Waals surface area contributed by atoms with Crippen LogP contribution in [0.4, 0.5) is 0 Å². The smallest absolute Gasteiger partial charge is 0.217 e. The molecule has 0 unspecified atom stereocenters. The number of aliphatic imine (C=N–C) groups is 2. The van der Waals surface area contributed by atoms with Gasteiger partial charge in [-0.2, -0.15) is 0 Å². The van der Waals surface area contributed by atoms with E-state index < -0.39 is 0 Å². The zero-order valence-corrected chi connectivity index (χ0v) is 13.7. The molecule has 2 atom stereocenters. The molecule has 0 spiro atoms. The molecular formula is C18H23N2O2. The molecule has 1 aromatic carbocycles. The SMILES string of the molecule is CC(C)[C@@H]1COC(c2[c]c(C3=N[C@H](C(C)C)CO3)ccc2)=N1. The molecule has 0 N–H and O–H groups in total. The van der Waals surface area contributed by atoms with Crippen molar-refractivity contribution in [3.63, 3.8) is 0 Å². The van der Waals surface area contributed by atoms with Crippen LogP contribution in [0.3, 0.4) is 0 Å². The van der Waals surface area contributed by atoms with Crippen molar-refractivity contribution < 1.29 is 9.47 Å². The Hall–Kier alpha value is -1.84. The second-order valence-electron chi connectivity index (χ2n) is 6.59. The van der Waals surface area contributed by atoms with Crippen molar-refractivity contribution in [2.75, 3.05) is 13.2 Å². The van der Waals surface area contributed by atoms with E-state index in [2.05, 4.69) is 43.7 Å². The zero-order valence-electron chi connectivity index (χ0n) is 13.7. The number of hydrogen-bond donors (Lipinski definition) is 0. The molecule has 2 heterocycles. The minimum absolute atomic E-state index is 0.234. The zero-order chi connectivity index (χ0) is 15.7. The molecule has 0 amide bonds. The third-order valence-electron chi connectivity index (χ3n) is 4.14. The van der Waals surface area contributed by atoms with Crippen LogP contribution in [0.25, 0.3) is 0 Å². The summed E-state index contributed by atoms with van der Waals surface area (Å²) in [6.45, 7) is 9.94. The molecule has 1 aromatic rings. The van der Waals surface area contributed by atoms with E-state index in [4.69, 9.17) is 9.47 Å². The van der Waals surface area contributed by atoms with E-state index in [9.17, 15) is 0 Å². The molecule has 0 aromatic heterocycles. The molecule has 2 aliphatic heterocycles. The summed E-state index contributed by atoms with van der Waals surface area (Å²) in [6, 6.07) is 9.73. The fourth-order valence-corrected chi connectivity index (χ4v) is 2.48. The third kappa shape index (κ3) is 3.01. The summed E-state index contributed by atoms with van der Waals surface area (Å²) in [5.41, 5.74) is 1.75. The van der Waals surface area contributed by atoms with Gasteiger partial charge in [-0.15, -0.1) is 0 Å². The van der Waals surface area contributed by atoms with Crippen LogP contribution in [0.5, 0.6) is 0 Å². The number of ether oxygens (including phenoxy) is 2. The average Bonchev–Trinajstić information content (AvgIpc) is 3.17. The summed E-state index contributed by atoms with van der Waals surface area (Å²) in [7, 11) is 0. The van der Waals surface area contributed by atoms with E-state index in [1.54, 1.807) is 0 Å². The van der Waals surface area contributed by atoms with Crippen molar-refractivity contribution in [2.24, 2.45) is 21.8 Å². The first-order valence-corrected chi connectivity index (χ1v) is 7.99. The van der Waals surface area contributed by atoms with Gasteiger partial charge in [0.05, 0.1) is 12.1 Å². The van der Waals surface area contributed by atoms with E-state index >= 15 is 0 Å². The molecule has 0 saturated heterocycles. The van der Waals surface area contributed by atoms with Crippen molar-refractivity contribution >= 4 is 11.8 Å². The second kappa shape index (κ2) is 6.11. The van der Waals surface area contributed by atoms with E-state index in [1.807, 2.05) is 18.2 Å². The maximum absolute atomic E-state index is 5.73. The van der Waals surface area contributed by atoms with Gasteiger partial charge < -0.3 is 9.47 Å². The lowest BCUT2D eigenvalue weighted by Gasteiger charge is -2.06. The highest BCUT2D eigenvalue weighted by atomic mass is 16.5. The Morgan fingerprint density at radius 3 is 1.73 bits per heavy atom. The molecule has 0 bridgehead atoms. The van der Waals surface area contributed by atoms with Gasteiger partial charge in [-0.3, -0.25) is 0 Å². The maximum Gasteiger partial charge on any atom is 0.217 e. The predicted molar refractivity (Wildman–Crippen MR) is 87.5 cm³/mol. The molecule has 1 radical (unpaired) electrons. The van der Waals surface area contributed by atoms with Crippen LogP contribution < -0.4 is 0 Å². The van der Waals surface area contributed by atoms with Gasteiger partial charge in [-0.05, 0) is 24.0 Å². The van der Waals surface area contributed by atoms with Gasteiger partial charge in [-0.1, -0.05) is 33.8 Å². The van der Waals surface area contributed by atoms with Crippen molar-refractivity contribution in [1.29, 1.82) is 0 Å². The minimum atomic E-state index is 0.234. The van der Waals surface area contributed by atoms with Gasteiger partial charge in [0.15, 0.2) is 0 Å². The Bertz CT molecular complexity index is 556. The highest BCUT2D eigenvalue weighted by molar-refractivity contribution is 6.00. The normalized spacial score (nSPS) is 24.3. The van der Waals surface area contributed by atoms with Crippen molar-refractivity contribution in [2.45, 2.75) is 39.8 Å². The molecule has 117 valence electrons. The Labute approximate surface area is 132 Å². The first-order chi connectivity index (χ1) is 10.5. The number of rotatable bonds is 4. The predicted octanol–water partition coefficient (Wildman–Crippen LogP) is 3.09. The summed E-state index contributed by atoms with van der Waals surface area (Å²) >= 11 is 0. The van der Waals surface area contributed by atoms with Crippen LogP contribution in [0.15, 0.2) is 28.2 Å². The molecule has 0 aliphatic carbocycles. The van der Waals surface area contributed by atoms with Crippen molar-refractivity contribution in [3.05, 3.63) is 35.4 Å². The number of nitrogens with zero attached hydrogens (tertiary/aromatic N) is 2. The minimum Gasteiger partial charge on any atom is -0.475 e. The van der Waals surface area contributed by atoms with Gasteiger partial charge in [0.2, 0.25) is 11.8 Å². The van der Waals surface area contributed by atoms with Gasteiger partial charge in [-0.25, -0.2) is 9.98 Å². The topological polar surface area (TPSA) is 43.2 Å². The first-order valence-electron chi connectivity index (χ1n) is 7.99. The third-order valence-corrected chi connectivity index (χ3v) is 4.14. The largest absolute Gasteiger partial charge is 0.475 e. The highest BCUT2D eigenvalue weighted by Gasteiger charge is 2.25. The summed E-state index contributed by atoms with van der Waals surface area (Å²) in [5, 5.41) is 0. The Morgan fingerprint density at radius 1 is 0.909 bits per heavy atom. The van der Waals surface area contributed by atoms with Crippen LogP contribution in [0.1, 0.15) is 38.8 Å². The molecule has 2 aliphatic rings. The lowest BCUT2D eigenvalue weighted by molar-refractivity contribution is 0.291. The van der Waals surface area contributed by atoms with Gasteiger partial charge in [0, 0.05) is 17.2 Å². The second-order valence-corrected chi connectivity index (χ2v) is 6.59. The van der Waals surface area contributed by atoms with Gasteiger partial charge >= 0.3 is 0 Å². The summed E-state index contributed by atoms with van der Waals surface area (Å²) in [4.78, 5) is 9.30. The number of hydrogen-bond acceptors (Lipinski definition) is 4. The molecular weight excluding hydrogens is 276 g/mol. The molecule has 22 heavy (non-hydrogen) atoms. The molecule has 4 nitrogen and oxygen atoms in total. The van der Waals surface area contributed by atoms with E-state index in [0.717, 1.165) is 11.1 Å². The van der Waals surface area contributed by atoms with Crippen LogP contribution in [0, 0.1) is 17.9 Å². The summed E-state index contributed by atoms with van der Waals surface area (Å²) in [6.07, 6.45) is 0. The molecule has 0 fully saturated rings. The quantitative estimate of drug-likeness (QED) is 0.857. The lowest BCUT2D eigenvalue weighted by atomic mass is 10.1. The van der Waals surface area contributed by atoms with Crippen LogP contribution in [-0.2, 0) is 9.47 Å². The fraction of sp³-hybridized carbons (Fsp3) is 0.556. The van der Waals surface area contributed by atoms with Gasteiger partial charge in [0.1, 0.15) is 13.2 Å². The number of benzene rings is 1. The van der Waals surface area contributed by atoms with E-state index in [-0.39, 0.29) is 12.1 Å². The first kappa shape index (κ1) is 15.1. The monoisotopic (exact) mass is 299 g/mol. The Balaban J connectivity index is 1.82. The standard InChI is InChI=1S/C18H23N2O2/c1-11(2)15-9-21-17(19-15)13-6-5-7-14(8-13)18-20-16(10-22-18)12(3)4/h5-7,11-12,15-16H,9-10H2,1-4H3/t15-,16-/m0/s1. The van der Waals surface area contributed by atoms with E-state index in [0.29, 0.717) is 36.8 Å². The summed E-state index contributed by atoms with van der Waals surface area (Å²) in [5.74, 6) is 2.32. The Morgan fingerprint density at radius 2 is 1.36 bits per heavy atom. The van der Waals surface area contributed by atoms with Gasteiger partial charge in [0.25, 0.3) is 0 Å². The molecule has 4 heteroatoms. The highest BCUT2D eigenvalue weighted by Crippen LogP contribution is 2.21. The van der Waals surface area contributed by atoms with Crippen molar-refractivity contribution in [1.82, 2.24) is 0 Å². The maximum atomic E-state index is 5.73. The fourth-order valence-electron chi connectivity index (χ4n) is 2.48. The van der Waals surface area contributed by atoms with Crippen LogP contribution in [0.2, 0.25) is 0 Å². The lowest BCUT2D eigenvalue weighted by Crippen LogP contribution is -2.13. The van der Waals surface area contributed by atoms with Crippen LogP contribution in [-0.4, -0.2) is 37.1 Å². The molecule has 3 rings (SSSR count). The van der Waals surface area contributed by atoms with Crippen molar-refractivity contribution in [3.8, 4) is 0 Å². The van der Waals surface area contributed by atoms with Crippen LogP contribution >= 0.6 is 0 Å². The Kier molecular flexibility index (Phi) is 4.19. The molecule has 0 saturated carbocycles. The van der Waals surface area contributed by atoms with E-state index in [1.165, 1.54) is 0 Å².